The van der Waals surface area contributed by atoms with Crippen LogP contribution in [0.3, 0.4) is 0 Å². The van der Waals surface area contributed by atoms with Crippen LogP contribution in [0.5, 0.6) is 5.75 Å². The molecule has 0 bridgehead atoms. The molecule has 148 valence electrons. The van der Waals surface area contributed by atoms with Crippen LogP contribution >= 0.6 is 0 Å². The predicted molar refractivity (Wildman–Crippen MR) is 98.3 cm³/mol. The van der Waals surface area contributed by atoms with Crippen molar-refractivity contribution in [3.8, 4) is 5.75 Å². The van der Waals surface area contributed by atoms with Crippen molar-refractivity contribution in [2.24, 2.45) is 0 Å². The monoisotopic (exact) mass is 369 g/mol. The summed E-state index contributed by atoms with van der Waals surface area (Å²) in [4.78, 5) is 0. The minimum atomic E-state index is -0.0527. The first-order valence-electron chi connectivity index (χ1n) is 9.30. The average molecular weight is 369 g/mol. The van der Waals surface area contributed by atoms with Crippen LogP contribution in [-0.4, -0.2) is 65.8 Å². The molecule has 1 aliphatic heterocycles. The van der Waals surface area contributed by atoms with Crippen LogP contribution in [0.15, 0.2) is 24.3 Å². The molecule has 0 aliphatic carbocycles. The number of nitrogen functional groups attached to an aromatic ring is 1. The van der Waals surface area contributed by atoms with Gasteiger partial charge in [0.05, 0.1) is 51.9 Å². The average Bonchev–Trinajstić information content (AvgIpc) is 2.67. The zero-order valence-corrected chi connectivity index (χ0v) is 15.4. The second-order valence-corrected chi connectivity index (χ2v) is 5.89. The van der Waals surface area contributed by atoms with E-state index in [0.29, 0.717) is 64.3 Å². The Bertz CT molecular complexity index is 467. The van der Waals surface area contributed by atoms with Gasteiger partial charge in [-0.1, -0.05) is 12.1 Å². The molecule has 1 unspecified atom stereocenters. The van der Waals surface area contributed by atoms with Crippen molar-refractivity contribution < 1.29 is 28.4 Å². The zero-order chi connectivity index (χ0) is 18.3. The number of hydrogen-bond acceptors (Lipinski definition) is 7. The van der Waals surface area contributed by atoms with E-state index >= 15 is 0 Å². The van der Waals surface area contributed by atoms with Crippen LogP contribution in [0.25, 0.3) is 0 Å². The third kappa shape index (κ3) is 9.35. The SMILES string of the molecule is Nc1ccccc1OCCOCCOCCOCCOC1CCCCO1. The highest BCUT2D eigenvalue weighted by atomic mass is 16.7. The highest BCUT2D eigenvalue weighted by Crippen LogP contribution is 2.19. The van der Waals surface area contributed by atoms with Crippen molar-refractivity contribution in [3.63, 3.8) is 0 Å². The van der Waals surface area contributed by atoms with E-state index in [0.717, 1.165) is 19.4 Å². The summed E-state index contributed by atoms with van der Waals surface area (Å²) >= 11 is 0. The summed E-state index contributed by atoms with van der Waals surface area (Å²) in [5.41, 5.74) is 6.42. The van der Waals surface area contributed by atoms with Gasteiger partial charge in [0.15, 0.2) is 6.29 Å². The molecule has 2 N–H and O–H groups in total. The Hall–Kier alpha value is -1.38. The zero-order valence-electron chi connectivity index (χ0n) is 15.4. The summed E-state index contributed by atoms with van der Waals surface area (Å²) in [6.07, 6.45) is 3.23. The van der Waals surface area contributed by atoms with Gasteiger partial charge in [0, 0.05) is 6.61 Å². The third-order valence-electron chi connectivity index (χ3n) is 3.82. The van der Waals surface area contributed by atoms with Crippen molar-refractivity contribution in [1.29, 1.82) is 0 Å². The van der Waals surface area contributed by atoms with Crippen molar-refractivity contribution in [1.82, 2.24) is 0 Å². The molecule has 26 heavy (non-hydrogen) atoms. The van der Waals surface area contributed by atoms with Gasteiger partial charge in [-0.15, -0.1) is 0 Å². The highest BCUT2D eigenvalue weighted by molar-refractivity contribution is 5.51. The van der Waals surface area contributed by atoms with Gasteiger partial charge >= 0.3 is 0 Å². The summed E-state index contributed by atoms with van der Waals surface area (Å²) in [5, 5.41) is 0. The Balaban J connectivity index is 1.29. The molecular formula is C19H31NO6. The maximum atomic E-state index is 5.79. The van der Waals surface area contributed by atoms with E-state index in [9.17, 15) is 0 Å². The number of para-hydroxylation sites is 2. The van der Waals surface area contributed by atoms with Gasteiger partial charge in [-0.05, 0) is 31.4 Å². The van der Waals surface area contributed by atoms with Gasteiger partial charge in [-0.3, -0.25) is 0 Å². The Kier molecular flexibility index (Phi) is 11.1. The quantitative estimate of drug-likeness (QED) is 0.398. The first-order valence-corrected chi connectivity index (χ1v) is 9.30. The Labute approximate surface area is 155 Å². The molecule has 0 radical (unpaired) electrons. The minimum absolute atomic E-state index is 0.0527. The summed E-state index contributed by atoms with van der Waals surface area (Å²) in [6.45, 7) is 5.01. The molecule has 1 aliphatic rings. The third-order valence-corrected chi connectivity index (χ3v) is 3.82. The normalized spacial score (nSPS) is 17.3. The van der Waals surface area contributed by atoms with Gasteiger partial charge in [-0.25, -0.2) is 0 Å². The number of ether oxygens (including phenoxy) is 6. The molecule has 0 saturated carbocycles. The predicted octanol–water partition coefficient (Wildman–Crippen LogP) is 2.24. The summed E-state index contributed by atoms with van der Waals surface area (Å²) in [5.74, 6) is 0.684. The minimum Gasteiger partial charge on any atom is -0.489 e. The van der Waals surface area contributed by atoms with Crippen LogP contribution in [0, 0.1) is 0 Å². The standard InChI is InChI=1S/C19H31NO6/c20-17-5-1-2-6-18(17)24-15-13-22-11-9-21-10-12-23-14-16-26-19-7-3-4-8-25-19/h1-2,5-6,19H,3-4,7-16,20H2. The second kappa shape index (κ2) is 13.8. The molecule has 2 rings (SSSR count). The molecule has 0 aromatic heterocycles. The van der Waals surface area contributed by atoms with E-state index in [1.165, 1.54) is 6.42 Å². The van der Waals surface area contributed by atoms with E-state index in [1.807, 2.05) is 24.3 Å². The van der Waals surface area contributed by atoms with Crippen molar-refractivity contribution >= 4 is 5.69 Å². The first kappa shape index (κ1) is 20.9. The van der Waals surface area contributed by atoms with Gasteiger partial charge in [0.1, 0.15) is 12.4 Å². The summed E-state index contributed by atoms with van der Waals surface area (Å²) < 4.78 is 32.9. The largest absolute Gasteiger partial charge is 0.489 e. The number of hydrogen-bond donors (Lipinski definition) is 1. The van der Waals surface area contributed by atoms with Crippen LogP contribution in [-0.2, 0) is 23.7 Å². The molecule has 1 fully saturated rings. The summed E-state index contributed by atoms with van der Waals surface area (Å²) in [6, 6.07) is 7.41. The van der Waals surface area contributed by atoms with Crippen LogP contribution < -0.4 is 10.5 Å². The van der Waals surface area contributed by atoms with Crippen LogP contribution in [0.2, 0.25) is 0 Å². The van der Waals surface area contributed by atoms with Gasteiger partial charge in [0.25, 0.3) is 0 Å². The molecule has 1 aromatic carbocycles. The molecule has 1 saturated heterocycles. The molecule has 1 atom stereocenters. The number of rotatable bonds is 14. The summed E-state index contributed by atoms with van der Waals surface area (Å²) in [7, 11) is 0. The molecule has 7 heteroatoms. The van der Waals surface area contributed by atoms with E-state index in [1.54, 1.807) is 0 Å². The van der Waals surface area contributed by atoms with E-state index in [-0.39, 0.29) is 6.29 Å². The maximum Gasteiger partial charge on any atom is 0.157 e. The lowest BCUT2D eigenvalue weighted by Gasteiger charge is -2.22. The molecule has 1 aromatic rings. The van der Waals surface area contributed by atoms with Crippen LogP contribution in [0.1, 0.15) is 19.3 Å². The Morgan fingerprint density at radius 1 is 0.846 bits per heavy atom. The molecule has 7 nitrogen and oxygen atoms in total. The topological polar surface area (TPSA) is 81.4 Å². The molecular weight excluding hydrogens is 338 g/mol. The lowest BCUT2D eigenvalue weighted by Crippen LogP contribution is -2.24. The van der Waals surface area contributed by atoms with Crippen molar-refractivity contribution in [2.75, 3.05) is 65.2 Å². The van der Waals surface area contributed by atoms with Crippen molar-refractivity contribution in [2.45, 2.75) is 25.6 Å². The first-order chi connectivity index (χ1) is 12.9. The number of benzene rings is 1. The highest BCUT2D eigenvalue weighted by Gasteiger charge is 2.13. The fourth-order valence-electron chi connectivity index (χ4n) is 2.45. The van der Waals surface area contributed by atoms with E-state index in [2.05, 4.69) is 0 Å². The molecule has 0 amide bonds. The number of nitrogens with two attached hydrogens (primary N) is 1. The second-order valence-electron chi connectivity index (χ2n) is 5.89. The van der Waals surface area contributed by atoms with Crippen molar-refractivity contribution in [3.05, 3.63) is 24.3 Å². The fourth-order valence-corrected chi connectivity index (χ4v) is 2.45. The lowest BCUT2D eigenvalue weighted by molar-refractivity contribution is -0.169. The smallest absolute Gasteiger partial charge is 0.157 e. The van der Waals surface area contributed by atoms with Crippen LogP contribution in [0.4, 0.5) is 5.69 Å². The van der Waals surface area contributed by atoms with Gasteiger partial charge in [-0.2, -0.15) is 0 Å². The Morgan fingerprint density at radius 3 is 2.15 bits per heavy atom. The van der Waals surface area contributed by atoms with Gasteiger partial charge < -0.3 is 34.2 Å². The maximum absolute atomic E-state index is 5.79. The molecule has 1 heterocycles. The Morgan fingerprint density at radius 2 is 1.50 bits per heavy atom. The number of anilines is 1. The van der Waals surface area contributed by atoms with E-state index in [4.69, 9.17) is 34.2 Å². The van der Waals surface area contributed by atoms with Gasteiger partial charge in [0.2, 0.25) is 0 Å². The molecule has 0 spiro atoms. The fraction of sp³-hybridized carbons (Fsp3) is 0.684. The lowest BCUT2D eigenvalue weighted by atomic mass is 10.2. The van der Waals surface area contributed by atoms with E-state index < -0.39 is 0 Å².